The number of benzene rings is 1. The third-order valence-electron chi connectivity index (χ3n) is 5.61. The molecular formula is C24H32N2O6S2. The van der Waals surface area contributed by atoms with Crippen molar-refractivity contribution in [1.82, 2.24) is 9.80 Å². The first-order chi connectivity index (χ1) is 16.2. The van der Waals surface area contributed by atoms with Crippen LogP contribution < -0.4 is 4.74 Å². The normalized spacial score (nSPS) is 20.3. The zero-order valence-corrected chi connectivity index (χ0v) is 21.5. The topological polar surface area (TPSA) is 93.2 Å². The molecule has 34 heavy (non-hydrogen) atoms. The Bertz CT molecular complexity index is 886. The van der Waals surface area contributed by atoms with Gasteiger partial charge in [0.25, 0.3) is 0 Å². The van der Waals surface area contributed by atoms with E-state index in [2.05, 4.69) is 0 Å². The highest BCUT2D eigenvalue weighted by molar-refractivity contribution is 8.76. The number of fused-ring (bicyclic) bond motifs is 1. The molecule has 1 aromatic rings. The quantitative estimate of drug-likeness (QED) is 0.234. The molecule has 2 amide bonds. The number of aldehydes is 1. The van der Waals surface area contributed by atoms with Gasteiger partial charge in [0, 0.05) is 43.0 Å². The molecule has 0 saturated carbocycles. The lowest BCUT2D eigenvalue weighted by atomic mass is 10.0. The second kappa shape index (κ2) is 12.0. The molecule has 0 unspecified atom stereocenters. The van der Waals surface area contributed by atoms with E-state index >= 15 is 0 Å². The van der Waals surface area contributed by atoms with Gasteiger partial charge < -0.3 is 19.3 Å². The molecule has 2 heterocycles. The summed E-state index contributed by atoms with van der Waals surface area (Å²) in [7, 11) is 3.41. The van der Waals surface area contributed by atoms with Gasteiger partial charge in [-0.25, -0.2) is 4.79 Å². The van der Waals surface area contributed by atoms with Crippen LogP contribution in [0, 0.1) is 0 Å². The first kappa shape index (κ1) is 26.4. The second-order valence-corrected chi connectivity index (χ2v) is 11.9. The van der Waals surface area contributed by atoms with E-state index in [4.69, 9.17) is 9.47 Å². The highest BCUT2D eigenvalue weighted by atomic mass is 33.1. The highest BCUT2D eigenvalue weighted by Gasteiger charge is 2.43. The van der Waals surface area contributed by atoms with E-state index in [1.165, 1.54) is 0 Å². The predicted molar refractivity (Wildman–Crippen MR) is 133 cm³/mol. The van der Waals surface area contributed by atoms with Gasteiger partial charge in [-0.1, -0.05) is 21.6 Å². The monoisotopic (exact) mass is 508 g/mol. The summed E-state index contributed by atoms with van der Waals surface area (Å²) >= 11 is 0. The van der Waals surface area contributed by atoms with Gasteiger partial charge in [-0.05, 0) is 57.9 Å². The van der Waals surface area contributed by atoms with Gasteiger partial charge in [-0.3, -0.25) is 14.4 Å². The van der Waals surface area contributed by atoms with Crippen LogP contribution in [0.1, 0.15) is 56.8 Å². The number of unbranched alkanes of at least 4 members (excludes halogenated alkanes) is 1. The standard InChI is InChI=1S/C24H32N2O6S2/c1-24(2,3)32-22(29)7-5-4-6-21(28)25-12-13-26(20-16-34-33-15-19(20)25)23(30)31-18-10-8-17(14-27)9-11-18/h8-11,14,19-20H,4-7,12-13,15-16H2,1-3H3/t19-,20+/m0/s1. The van der Waals surface area contributed by atoms with Crippen LogP contribution in [0.4, 0.5) is 4.79 Å². The van der Waals surface area contributed by atoms with Gasteiger partial charge in [-0.15, -0.1) is 0 Å². The third kappa shape index (κ3) is 7.40. The third-order valence-corrected chi connectivity index (χ3v) is 8.04. The Morgan fingerprint density at radius 2 is 1.56 bits per heavy atom. The number of hydrogen-bond acceptors (Lipinski definition) is 8. The van der Waals surface area contributed by atoms with Crippen LogP contribution in [0.5, 0.6) is 5.75 Å². The average molecular weight is 509 g/mol. The molecule has 2 atom stereocenters. The second-order valence-electron chi connectivity index (χ2n) is 9.33. The van der Waals surface area contributed by atoms with E-state index in [-0.39, 0.29) is 24.0 Å². The van der Waals surface area contributed by atoms with Crippen LogP contribution in [0.3, 0.4) is 0 Å². The van der Waals surface area contributed by atoms with E-state index in [1.54, 1.807) is 50.8 Å². The summed E-state index contributed by atoms with van der Waals surface area (Å²) < 4.78 is 10.9. The van der Waals surface area contributed by atoms with Gasteiger partial charge in [0.15, 0.2) is 0 Å². The van der Waals surface area contributed by atoms with Crippen molar-refractivity contribution in [2.75, 3.05) is 24.6 Å². The van der Waals surface area contributed by atoms with E-state index in [1.807, 2.05) is 25.7 Å². The van der Waals surface area contributed by atoms with E-state index in [9.17, 15) is 19.2 Å². The Labute approximate surface area is 208 Å². The maximum atomic E-state index is 13.0. The van der Waals surface area contributed by atoms with Gasteiger partial charge in [-0.2, -0.15) is 0 Å². The maximum Gasteiger partial charge on any atom is 0.415 e. The average Bonchev–Trinajstić information content (AvgIpc) is 2.80. The fourth-order valence-corrected chi connectivity index (χ4v) is 6.68. The number of piperazine rings is 1. The Kier molecular flexibility index (Phi) is 9.30. The van der Waals surface area contributed by atoms with Gasteiger partial charge in [0.2, 0.25) is 5.91 Å². The Morgan fingerprint density at radius 3 is 2.18 bits per heavy atom. The largest absolute Gasteiger partial charge is 0.460 e. The predicted octanol–water partition coefficient (Wildman–Crippen LogP) is 4.18. The van der Waals surface area contributed by atoms with Gasteiger partial charge in [0.05, 0.1) is 12.1 Å². The van der Waals surface area contributed by atoms with E-state index in [0.717, 1.165) is 17.8 Å². The van der Waals surface area contributed by atoms with Crippen LogP contribution in [0.25, 0.3) is 0 Å². The lowest BCUT2D eigenvalue weighted by Crippen LogP contribution is -2.65. The first-order valence-corrected chi connectivity index (χ1v) is 14.0. The van der Waals surface area contributed by atoms with Crippen molar-refractivity contribution in [3.63, 3.8) is 0 Å². The summed E-state index contributed by atoms with van der Waals surface area (Å²) in [5, 5.41) is 0. The Hall–Kier alpha value is -2.20. The number of nitrogens with zero attached hydrogens (tertiary/aromatic N) is 2. The fraction of sp³-hybridized carbons (Fsp3) is 0.583. The van der Waals surface area contributed by atoms with Crippen molar-refractivity contribution < 1.29 is 28.7 Å². The molecule has 1 aromatic carbocycles. The minimum atomic E-state index is -0.502. The van der Waals surface area contributed by atoms with Gasteiger partial charge >= 0.3 is 12.1 Å². The molecule has 186 valence electrons. The van der Waals surface area contributed by atoms with Crippen molar-refractivity contribution >= 4 is 45.8 Å². The molecule has 0 spiro atoms. The molecule has 8 nitrogen and oxygen atoms in total. The molecule has 3 rings (SSSR count). The number of rotatable bonds is 7. The smallest absolute Gasteiger partial charge is 0.415 e. The maximum absolute atomic E-state index is 13.0. The number of amides is 2. The summed E-state index contributed by atoms with van der Waals surface area (Å²) in [5.74, 6) is 1.67. The molecule has 2 fully saturated rings. The SMILES string of the molecule is CC(C)(C)OC(=O)CCCCC(=O)N1CCN(C(=O)Oc2ccc(C=O)cc2)[C@@H]2CSSC[C@@H]21. The van der Waals surface area contributed by atoms with Crippen LogP contribution in [0.2, 0.25) is 0 Å². The van der Waals surface area contributed by atoms with Crippen molar-refractivity contribution in [2.24, 2.45) is 0 Å². The minimum Gasteiger partial charge on any atom is -0.460 e. The highest BCUT2D eigenvalue weighted by Crippen LogP contribution is 2.36. The van der Waals surface area contributed by atoms with Crippen molar-refractivity contribution in [1.29, 1.82) is 0 Å². The molecule has 0 bridgehead atoms. The molecule has 0 aliphatic carbocycles. The molecule has 2 saturated heterocycles. The zero-order chi connectivity index (χ0) is 24.7. The van der Waals surface area contributed by atoms with Crippen molar-refractivity contribution in [2.45, 2.75) is 64.1 Å². The first-order valence-electron chi connectivity index (χ1n) is 11.5. The van der Waals surface area contributed by atoms with Crippen LogP contribution in [0.15, 0.2) is 24.3 Å². The number of esters is 1. The summed E-state index contributed by atoms with van der Waals surface area (Å²) in [5.41, 5.74) is 0.0111. The fourth-order valence-electron chi connectivity index (χ4n) is 3.99. The minimum absolute atomic E-state index is 0.0594. The molecular weight excluding hydrogens is 476 g/mol. The van der Waals surface area contributed by atoms with Crippen LogP contribution >= 0.6 is 21.6 Å². The molecule has 2 aliphatic rings. The zero-order valence-electron chi connectivity index (χ0n) is 19.9. The number of carbonyl (C=O) groups excluding carboxylic acids is 4. The molecule has 10 heteroatoms. The summed E-state index contributed by atoms with van der Waals surface area (Å²) in [6, 6.07) is 6.22. The Morgan fingerprint density at radius 1 is 0.971 bits per heavy atom. The molecule has 0 aromatic heterocycles. The molecule has 0 radical (unpaired) electrons. The van der Waals surface area contributed by atoms with Crippen molar-refractivity contribution in [3.8, 4) is 5.75 Å². The number of ether oxygens (including phenoxy) is 2. The van der Waals surface area contributed by atoms with Crippen molar-refractivity contribution in [3.05, 3.63) is 29.8 Å². The van der Waals surface area contributed by atoms with Crippen LogP contribution in [-0.2, 0) is 14.3 Å². The lowest BCUT2D eigenvalue weighted by molar-refractivity contribution is -0.155. The number of hydrogen-bond donors (Lipinski definition) is 0. The summed E-state index contributed by atoms with van der Waals surface area (Å²) in [6.07, 6.45) is 2.20. The Balaban J connectivity index is 1.52. The number of carbonyl (C=O) groups is 4. The lowest BCUT2D eigenvalue weighted by Gasteiger charge is -2.48. The van der Waals surface area contributed by atoms with E-state index in [0.29, 0.717) is 50.1 Å². The van der Waals surface area contributed by atoms with Gasteiger partial charge in [0.1, 0.15) is 17.6 Å². The summed E-state index contributed by atoms with van der Waals surface area (Å²) in [4.78, 5) is 52.2. The van der Waals surface area contributed by atoms with Crippen LogP contribution in [-0.4, -0.2) is 76.3 Å². The summed E-state index contributed by atoms with van der Waals surface area (Å²) in [6.45, 7) is 6.37. The molecule has 2 aliphatic heterocycles. The molecule has 0 N–H and O–H groups in total. The van der Waals surface area contributed by atoms with E-state index < -0.39 is 11.7 Å².